The molecule has 3 atom stereocenters. The number of phenolic OH excluding ortho intramolecular Hbond substituents is 1. The smallest absolute Gasteiger partial charge is 0.308 e. The van der Waals surface area contributed by atoms with E-state index >= 15 is 0 Å². The first-order valence-electron chi connectivity index (χ1n) is 11.5. The number of aromatic hydroxyl groups is 1. The third kappa shape index (κ3) is 7.91. The Bertz CT molecular complexity index is 1200. The number of aliphatic imine (C=N–C) groups is 2. The molecule has 0 bridgehead atoms. The molecule has 13 nitrogen and oxygen atoms in total. The maximum absolute atomic E-state index is 12.7. The summed E-state index contributed by atoms with van der Waals surface area (Å²) < 4.78 is 4.94. The molecule has 0 radical (unpaired) electrons. The molecule has 2 aliphatic heterocycles. The van der Waals surface area contributed by atoms with Gasteiger partial charge in [0, 0.05) is 23.3 Å². The lowest BCUT2D eigenvalue weighted by atomic mass is 10.0. The third-order valence-corrected chi connectivity index (χ3v) is 5.82. The zero-order chi connectivity index (χ0) is 27.8. The van der Waals surface area contributed by atoms with Gasteiger partial charge in [-0.2, -0.15) is 0 Å². The van der Waals surface area contributed by atoms with E-state index in [1.165, 1.54) is 18.2 Å². The SMILES string of the molecule is CCOC(=O)C[C@@H](NC(=O)CNC(=O)C1=CC(NC2=NCC(O)CN2)C(=O)N=C1)c1cc(Cl)cc(Cl)c1O. The predicted molar refractivity (Wildman–Crippen MR) is 138 cm³/mol. The zero-order valence-electron chi connectivity index (χ0n) is 20.2. The molecule has 38 heavy (non-hydrogen) atoms. The Morgan fingerprint density at radius 2 is 2.05 bits per heavy atom. The van der Waals surface area contributed by atoms with Gasteiger partial charge in [-0.3, -0.25) is 24.2 Å². The van der Waals surface area contributed by atoms with Gasteiger partial charge in [0.05, 0.1) is 48.9 Å². The minimum Gasteiger partial charge on any atom is -0.506 e. The summed E-state index contributed by atoms with van der Waals surface area (Å²) in [5.74, 6) is -2.67. The molecule has 0 saturated carbocycles. The number of amides is 3. The molecule has 1 aromatic carbocycles. The maximum atomic E-state index is 12.7. The van der Waals surface area contributed by atoms with Crippen LogP contribution in [0.1, 0.15) is 24.9 Å². The van der Waals surface area contributed by atoms with Crippen molar-refractivity contribution in [1.29, 1.82) is 0 Å². The van der Waals surface area contributed by atoms with E-state index in [0.29, 0.717) is 0 Å². The fourth-order valence-corrected chi connectivity index (χ4v) is 4.01. The summed E-state index contributed by atoms with van der Waals surface area (Å²) in [5, 5.41) is 30.6. The zero-order valence-corrected chi connectivity index (χ0v) is 21.7. The van der Waals surface area contributed by atoms with Crippen LogP contribution < -0.4 is 21.3 Å². The van der Waals surface area contributed by atoms with Crippen LogP contribution in [0.15, 0.2) is 33.8 Å². The molecule has 3 amide bonds. The van der Waals surface area contributed by atoms with E-state index in [1.54, 1.807) is 6.92 Å². The first-order chi connectivity index (χ1) is 18.1. The number of carbonyl (C=O) groups excluding carboxylic acids is 4. The number of ether oxygens (including phenoxy) is 1. The lowest BCUT2D eigenvalue weighted by Crippen LogP contribution is -2.51. The minimum absolute atomic E-state index is 0.0219. The molecule has 2 unspecified atom stereocenters. The van der Waals surface area contributed by atoms with Crippen LogP contribution in [-0.4, -0.2) is 84.5 Å². The Morgan fingerprint density at radius 3 is 2.74 bits per heavy atom. The third-order valence-electron chi connectivity index (χ3n) is 5.32. The van der Waals surface area contributed by atoms with E-state index in [9.17, 15) is 29.4 Å². The first kappa shape index (κ1) is 28.9. The lowest BCUT2D eigenvalue weighted by molar-refractivity contribution is -0.144. The lowest BCUT2D eigenvalue weighted by Gasteiger charge is -2.23. The van der Waals surface area contributed by atoms with Crippen molar-refractivity contribution in [3.05, 3.63) is 39.4 Å². The number of hydrogen-bond donors (Lipinski definition) is 6. The summed E-state index contributed by atoms with van der Waals surface area (Å²) in [5.41, 5.74) is 0.116. The van der Waals surface area contributed by atoms with Crippen molar-refractivity contribution in [3.8, 4) is 5.75 Å². The number of benzene rings is 1. The van der Waals surface area contributed by atoms with E-state index in [1.807, 2.05) is 0 Å². The highest BCUT2D eigenvalue weighted by Crippen LogP contribution is 2.36. The van der Waals surface area contributed by atoms with Gasteiger partial charge >= 0.3 is 5.97 Å². The number of guanidine groups is 1. The van der Waals surface area contributed by atoms with E-state index < -0.39 is 48.4 Å². The second-order valence-electron chi connectivity index (χ2n) is 8.20. The normalized spacial score (nSPS) is 19.4. The summed E-state index contributed by atoms with van der Waals surface area (Å²) >= 11 is 12.0. The van der Waals surface area contributed by atoms with Gasteiger partial charge < -0.3 is 36.2 Å². The summed E-state index contributed by atoms with van der Waals surface area (Å²) in [7, 11) is 0. The Kier molecular flexibility index (Phi) is 10.0. The number of nitrogens with one attached hydrogen (secondary N) is 4. The predicted octanol–water partition coefficient (Wildman–Crippen LogP) is -0.259. The summed E-state index contributed by atoms with van der Waals surface area (Å²) in [6, 6.07) is 0.613. The molecule has 0 saturated heterocycles. The Hall–Kier alpha value is -3.68. The Balaban J connectivity index is 1.64. The largest absolute Gasteiger partial charge is 0.506 e. The van der Waals surface area contributed by atoms with Gasteiger partial charge in [0.1, 0.15) is 11.8 Å². The molecular weight excluding hydrogens is 543 g/mol. The number of hydrogen-bond acceptors (Lipinski definition) is 10. The summed E-state index contributed by atoms with van der Waals surface area (Å²) in [6.45, 7) is 1.63. The quantitative estimate of drug-likeness (QED) is 0.218. The number of halogens is 2. The van der Waals surface area contributed by atoms with Crippen molar-refractivity contribution in [1.82, 2.24) is 21.3 Å². The number of aliphatic hydroxyl groups excluding tert-OH is 1. The number of esters is 1. The van der Waals surface area contributed by atoms with Gasteiger partial charge in [-0.1, -0.05) is 23.2 Å². The second-order valence-corrected chi connectivity index (χ2v) is 9.05. The van der Waals surface area contributed by atoms with Gasteiger partial charge in [-0.05, 0) is 25.1 Å². The molecule has 6 N–H and O–H groups in total. The topological polar surface area (TPSA) is 191 Å². The van der Waals surface area contributed by atoms with Crippen LogP contribution in [0, 0.1) is 0 Å². The first-order valence-corrected chi connectivity index (χ1v) is 12.3. The molecule has 2 heterocycles. The molecule has 15 heteroatoms. The highest BCUT2D eigenvalue weighted by atomic mass is 35.5. The molecule has 0 spiro atoms. The van der Waals surface area contributed by atoms with Gasteiger partial charge in [-0.15, -0.1) is 0 Å². The van der Waals surface area contributed by atoms with Crippen LogP contribution in [0.25, 0.3) is 0 Å². The number of carbonyl (C=O) groups is 4. The van der Waals surface area contributed by atoms with E-state index in [-0.39, 0.29) is 59.0 Å². The molecule has 2 aliphatic rings. The number of rotatable bonds is 9. The van der Waals surface area contributed by atoms with Crippen molar-refractivity contribution in [2.24, 2.45) is 9.98 Å². The van der Waals surface area contributed by atoms with Crippen LogP contribution in [-0.2, 0) is 23.9 Å². The summed E-state index contributed by atoms with van der Waals surface area (Å²) in [6.07, 6.45) is 1.43. The maximum Gasteiger partial charge on any atom is 0.308 e. The van der Waals surface area contributed by atoms with Crippen LogP contribution >= 0.6 is 23.2 Å². The molecule has 0 aliphatic carbocycles. The summed E-state index contributed by atoms with van der Waals surface area (Å²) in [4.78, 5) is 57.3. The monoisotopic (exact) mass is 568 g/mol. The number of nitrogens with zero attached hydrogens (tertiary/aromatic N) is 2. The number of phenols is 1. The van der Waals surface area contributed by atoms with Gasteiger partial charge in [-0.25, -0.2) is 4.99 Å². The van der Waals surface area contributed by atoms with E-state index in [0.717, 1.165) is 6.21 Å². The molecule has 1 aromatic rings. The molecule has 204 valence electrons. The van der Waals surface area contributed by atoms with Crippen LogP contribution in [0.3, 0.4) is 0 Å². The van der Waals surface area contributed by atoms with Crippen molar-refractivity contribution >= 4 is 59.1 Å². The van der Waals surface area contributed by atoms with Crippen molar-refractivity contribution < 1.29 is 34.1 Å². The van der Waals surface area contributed by atoms with Gasteiger partial charge in [0.2, 0.25) is 5.91 Å². The number of dihydropyridines is 1. The van der Waals surface area contributed by atoms with E-state index in [4.69, 9.17) is 27.9 Å². The van der Waals surface area contributed by atoms with Crippen molar-refractivity contribution in [2.45, 2.75) is 31.5 Å². The average molecular weight is 569 g/mol. The van der Waals surface area contributed by atoms with Gasteiger partial charge in [0.15, 0.2) is 5.96 Å². The number of aliphatic hydroxyl groups is 1. The Morgan fingerprint density at radius 1 is 1.29 bits per heavy atom. The highest BCUT2D eigenvalue weighted by molar-refractivity contribution is 6.35. The number of β-amino-alcohol motifs (C(OH)–C–C–N with tert-alkyl or cyclic N) is 1. The fourth-order valence-electron chi connectivity index (χ4n) is 3.51. The molecule has 3 rings (SSSR count). The van der Waals surface area contributed by atoms with Crippen LogP contribution in [0.4, 0.5) is 0 Å². The van der Waals surface area contributed by atoms with Crippen molar-refractivity contribution in [2.75, 3.05) is 26.2 Å². The average Bonchev–Trinajstić information content (AvgIpc) is 2.87. The second kappa shape index (κ2) is 13.2. The van der Waals surface area contributed by atoms with Gasteiger partial charge in [0.25, 0.3) is 11.8 Å². The van der Waals surface area contributed by atoms with E-state index in [2.05, 4.69) is 31.3 Å². The highest BCUT2D eigenvalue weighted by Gasteiger charge is 2.26. The molecule has 0 fully saturated rings. The standard InChI is InChI=1S/C23H26Cl2N6O7/c1-2-38-19(34)6-16(14-4-12(24)5-15(25)20(14)35)30-18(33)10-27-21(36)11-3-17(22(37)26-7-11)31-23-28-8-13(32)9-29-23/h3-5,7,13,16-17,32,35H,2,6,8-10H2,1H3,(H,27,36)(H,30,33)(H2,28,29,31)/t16-,17?/m1/s1. The molecular formula is C23H26Cl2N6O7. The van der Waals surface area contributed by atoms with Crippen molar-refractivity contribution in [3.63, 3.8) is 0 Å². The Labute approximate surface area is 227 Å². The van der Waals surface area contributed by atoms with Crippen LogP contribution in [0.5, 0.6) is 5.75 Å². The minimum atomic E-state index is -1.06. The van der Waals surface area contributed by atoms with Crippen LogP contribution in [0.2, 0.25) is 10.0 Å². The fraction of sp³-hybridized carbons (Fsp3) is 0.391. The molecule has 0 aromatic heterocycles.